The van der Waals surface area contributed by atoms with Crippen LogP contribution in [0.5, 0.6) is 11.5 Å². The van der Waals surface area contributed by atoms with Crippen LogP contribution in [0.3, 0.4) is 0 Å². The number of carbonyl (C=O) groups is 1. The number of ether oxygens (including phenoxy) is 2. The summed E-state index contributed by atoms with van der Waals surface area (Å²) < 4.78 is 12.6. The van der Waals surface area contributed by atoms with Gasteiger partial charge in [0.1, 0.15) is 18.4 Å². The van der Waals surface area contributed by atoms with Gasteiger partial charge in [0.15, 0.2) is 11.5 Å². The average molecular weight is 418 g/mol. The number of amides is 1. The first-order valence-electron chi connectivity index (χ1n) is 8.70. The van der Waals surface area contributed by atoms with E-state index >= 15 is 0 Å². The highest BCUT2D eigenvalue weighted by atomic mass is 35.5. The Hall–Kier alpha value is -2.70. The lowest BCUT2D eigenvalue weighted by molar-refractivity contribution is 0.102. The van der Waals surface area contributed by atoms with Crippen molar-refractivity contribution in [2.45, 2.75) is 13.5 Å². The standard InChI is InChI=1S/C20H17Cl2N3O3/c1-12-18(19(22)25(24-12)11-13-5-3-2-4-6-13)20(26)23-15-10-17-16(9-14(15)21)27-7-8-28-17/h2-6,9-10H,7-8,11H2,1H3,(H,23,26). The number of aromatic nitrogens is 2. The fourth-order valence-electron chi connectivity index (χ4n) is 3.02. The zero-order chi connectivity index (χ0) is 19.7. The van der Waals surface area contributed by atoms with Crippen molar-refractivity contribution >= 4 is 34.8 Å². The van der Waals surface area contributed by atoms with Crippen molar-refractivity contribution in [3.05, 3.63) is 69.5 Å². The Kier molecular flexibility index (Phi) is 5.15. The molecule has 2 heterocycles. The van der Waals surface area contributed by atoms with Gasteiger partial charge < -0.3 is 14.8 Å². The summed E-state index contributed by atoms with van der Waals surface area (Å²) in [7, 11) is 0. The Morgan fingerprint density at radius 1 is 1.14 bits per heavy atom. The highest BCUT2D eigenvalue weighted by molar-refractivity contribution is 6.35. The third-order valence-electron chi connectivity index (χ3n) is 4.35. The number of hydrogen-bond acceptors (Lipinski definition) is 4. The minimum atomic E-state index is -0.389. The van der Waals surface area contributed by atoms with E-state index in [1.165, 1.54) is 0 Å². The second-order valence-corrected chi connectivity index (χ2v) is 7.09. The van der Waals surface area contributed by atoms with Crippen LogP contribution in [0, 0.1) is 6.92 Å². The van der Waals surface area contributed by atoms with Crippen molar-refractivity contribution in [1.82, 2.24) is 9.78 Å². The molecule has 4 rings (SSSR count). The lowest BCUT2D eigenvalue weighted by atomic mass is 10.2. The van der Waals surface area contributed by atoms with E-state index in [1.807, 2.05) is 30.3 Å². The number of nitrogens with one attached hydrogen (secondary N) is 1. The lowest BCUT2D eigenvalue weighted by Crippen LogP contribution is -2.17. The lowest BCUT2D eigenvalue weighted by Gasteiger charge is -2.20. The third-order valence-corrected chi connectivity index (χ3v) is 5.04. The van der Waals surface area contributed by atoms with Gasteiger partial charge in [-0.2, -0.15) is 5.10 Å². The van der Waals surface area contributed by atoms with Crippen molar-refractivity contribution in [2.24, 2.45) is 0 Å². The second kappa shape index (κ2) is 7.73. The van der Waals surface area contributed by atoms with Gasteiger partial charge in [0.05, 0.1) is 28.5 Å². The van der Waals surface area contributed by atoms with Gasteiger partial charge in [0, 0.05) is 12.1 Å². The molecule has 6 nitrogen and oxygen atoms in total. The fraction of sp³-hybridized carbons (Fsp3) is 0.200. The average Bonchev–Trinajstić information content (AvgIpc) is 2.96. The molecule has 1 aliphatic rings. The van der Waals surface area contributed by atoms with Crippen LogP contribution in [0.2, 0.25) is 10.2 Å². The molecule has 0 saturated carbocycles. The Balaban J connectivity index is 1.59. The van der Waals surface area contributed by atoms with Crippen LogP contribution in [-0.4, -0.2) is 28.9 Å². The van der Waals surface area contributed by atoms with Crippen LogP contribution in [-0.2, 0) is 6.54 Å². The predicted octanol–water partition coefficient (Wildman–Crippen LogP) is 4.57. The van der Waals surface area contributed by atoms with Crippen molar-refractivity contribution in [2.75, 3.05) is 18.5 Å². The Bertz CT molecular complexity index is 1030. The van der Waals surface area contributed by atoms with Gasteiger partial charge in [0.2, 0.25) is 0 Å². The van der Waals surface area contributed by atoms with Crippen molar-refractivity contribution < 1.29 is 14.3 Å². The number of benzene rings is 2. The Morgan fingerprint density at radius 2 is 1.82 bits per heavy atom. The molecule has 0 spiro atoms. The summed E-state index contributed by atoms with van der Waals surface area (Å²) in [6.45, 7) is 3.12. The SMILES string of the molecule is Cc1nn(Cc2ccccc2)c(Cl)c1C(=O)Nc1cc2c(cc1Cl)OCCO2. The maximum Gasteiger partial charge on any atom is 0.260 e. The first-order valence-corrected chi connectivity index (χ1v) is 9.46. The summed E-state index contributed by atoms with van der Waals surface area (Å²) >= 11 is 12.7. The second-order valence-electron chi connectivity index (χ2n) is 6.32. The summed E-state index contributed by atoms with van der Waals surface area (Å²) in [5.41, 5.74) is 2.30. The number of fused-ring (bicyclic) bond motifs is 1. The maximum atomic E-state index is 12.9. The molecule has 2 aromatic carbocycles. The van der Waals surface area contributed by atoms with Gasteiger partial charge >= 0.3 is 0 Å². The zero-order valence-electron chi connectivity index (χ0n) is 15.0. The first-order chi connectivity index (χ1) is 13.5. The van der Waals surface area contributed by atoms with Crippen LogP contribution < -0.4 is 14.8 Å². The van der Waals surface area contributed by atoms with Gasteiger partial charge in [-0.1, -0.05) is 53.5 Å². The number of hydrogen-bond donors (Lipinski definition) is 1. The number of anilines is 1. The molecule has 144 valence electrons. The molecule has 0 unspecified atom stereocenters. The minimum absolute atomic E-state index is 0.271. The Morgan fingerprint density at radius 3 is 2.54 bits per heavy atom. The molecule has 0 aliphatic carbocycles. The van der Waals surface area contributed by atoms with E-state index in [9.17, 15) is 4.79 Å². The van der Waals surface area contributed by atoms with E-state index in [-0.39, 0.29) is 11.1 Å². The third kappa shape index (κ3) is 3.66. The predicted molar refractivity (Wildman–Crippen MR) is 108 cm³/mol. The zero-order valence-corrected chi connectivity index (χ0v) is 16.5. The minimum Gasteiger partial charge on any atom is -0.486 e. The maximum absolute atomic E-state index is 12.9. The molecule has 1 N–H and O–H groups in total. The fourth-order valence-corrected chi connectivity index (χ4v) is 3.54. The van der Waals surface area contributed by atoms with E-state index in [0.29, 0.717) is 53.2 Å². The summed E-state index contributed by atoms with van der Waals surface area (Å²) in [5.74, 6) is 0.702. The van der Waals surface area contributed by atoms with Crippen LogP contribution in [0.1, 0.15) is 21.6 Å². The van der Waals surface area contributed by atoms with Gasteiger partial charge in [-0.3, -0.25) is 4.79 Å². The normalized spacial score (nSPS) is 12.7. The van der Waals surface area contributed by atoms with Crippen LogP contribution >= 0.6 is 23.2 Å². The van der Waals surface area contributed by atoms with E-state index in [4.69, 9.17) is 32.7 Å². The highest BCUT2D eigenvalue weighted by Gasteiger charge is 2.22. The van der Waals surface area contributed by atoms with Crippen LogP contribution in [0.15, 0.2) is 42.5 Å². The molecule has 1 aromatic heterocycles. The molecular formula is C20H17Cl2N3O3. The largest absolute Gasteiger partial charge is 0.486 e. The summed E-state index contributed by atoms with van der Waals surface area (Å²) in [6.07, 6.45) is 0. The molecule has 28 heavy (non-hydrogen) atoms. The molecule has 0 radical (unpaired) electrons. The molecule has 0 bridgehead atoms. The number of halogens is 2. The number of aryl methyl sites for hydroxylation is 1. The van der Waals surface area contributed by atoms with Gasteiger partial charge in [-0.05, 0) is 12.5 Å². The number of carbonyl (C=O) groups excluding carboxylic acids is 1. The highest BCUT2D eigenvalue weighted by Crippen LogP contribution is 2.38. The van der Waals surface area contributed by atoms with Gasteiger partial charge in [0.25, 0.3) is 5.91 Å². The molecule has 0 atom stereocenters. The van der Waals surface area contributed by atoms with Gasteiger partial charge in [-0.25, -0.2) is 4.68 Å². The first kappa shape index (κ1) is 18.7. The topological polar surface area (TPSA) is 65.4 Å². The van der Waals surface area contributed by atoms with E-state index in [2.05, 4.69) is 10.4 Å². The Labute approximate surface area is 172 Å². The summed E-state index contributed by atoms with van der Waals surface area (Å²) in [5, 5.41) is 7.82. The smallest absolute Gasteiger partial charge is 0.260 e. The molecule has 1 amide bonds. The molecule has 0 saturated heterocycles. The molecule has 0 fully saturated rings. The van der Waals surface area contributed by atoms with E-state index in [1.54, 1.807) is 23.7 Å². The monoisotopic (exact) mass is 417 g/mol. The van der Waals surface area contributed by atoms with Gasteiger partial charge in [-0.15, -0.1) is 0 Å². The van der Waals surface area contributed by atoms with Crippen molar-refractivity contribution in [1.29, 1.82) is 0 Å². The molecular weight excluding hydrogens is 401 g/mol. The molecule has 8 heteroatoms. The van der Waals surface area contributed by atoms with Crippen molar-refractivity contribution in [3.8, 4) is 11.5 Å². The number of rotatable bonds is 4. The van der Waals surface area contributed by atoms with Crippen LogP contribution in [0.4, 0.5) is 5.69 Å². The molecule has 1 aliphatic heterocycles. The van der Waals surface area contributed by atoms with Crippen LogP contribution in [0.25, 0.3) is 0 Å². The van der Waals surface area contributed by atoms with E-state index in [0.717, 1.165) is 5.56 Å². The number of nitrogens with zero attached hydrogens (tertiary/aromatic N) is 2. The summed E-state index contributed by atoms with van der Waals surface area (Å²) in [4.78, 5) is 12.9. The quantitative estimate of drug-likeness (QED) is 0.674. The van der Waals surface area contributed by atoms with Crippen molar-refractivity contribution in [3.63, 3.8) is 0 Å². The van der Waals surface area contributed by atoms with E-state index < -0.39 is 0 Å². The molecule has 3 aromatic rings. The summed E-state index contributed by atoms with van der Waals surface area (Å²) in [6, 6.07) is 13.0.